The molecule has 6 aromatic heterocycles. The van der Waals surface area contributed by atoms with E-state index in [4.69, 9.17) is 15.1 Å². The first-order chi connectivity index (χ1) is 22.7. The summed E-state index contributed by atoms with van der Waals surface area (Å²) < 4.78 is 5.42. The third-order valence-electron chi connectivity index (χ3n) is 8.81. The fraction of sp³-hybridized carbons (Fsp3) is 0.484. The molecule has 0 spiro atoms. The molecule has 6 heterocycles. The lowest BCUT2D eigenvalue weighted by Crippen LogP contribution is -2.10. The van der Waals surface area contributed by atoms with Crippen molar-refractivity contribution in [3.8, 4) is 0 Å². The molecule has 46 heavy (non-hydrogen) atoms. The number of rotatable bonds is 9. The van der Waals surface area contributed by atoms with Gasteiger partial charge >= 0.3 is 0 Å². The van der Waals surface area contributed by atoms with Crippen LogP contribution in [-0.4, -0.2) is 70.9 Å². The highest BCUT2D eigenvalue weighted by molar-refractivity contribution is 5.69. The molecular weight excluding hydrogens is 584 g/mol. The van der Waals surface area contributed by atoms with Crippen LogP contribution >= 0.6 is 0 Å². The Morgan fingerprint density at radius 1 is 0.717 bits per heavy atom. The van der Waals surface area contributed by atoms with Crippen molar-refractivity contribution in [3.05, 3.63) is 61.2 Å². The Kier molecular flexibility index (Phi) is 9.07. The molecule has 2 saturated carbocycles. The van der Waals surface area contributed by atoms with Crippen molar-refractivity contribution in [2.45, 2.75) is 89.0 Å². The van der Waals surface area contributed by atoms with E-state index < -0.39 is 0 Å². The SMILES string of the molecule is OCCCn1cc(Nc2nc(C3CCCCC3)cn3ncnc23)cn1.c1nc2c(Nc3cn[nH]c3)nc(C3CCCCC3)cn2n1. The number of aliphatic hydroxyl groups is 1. The lowest BCUT2D eigenvalue weighted by Gasteiger charge is -2.21. The highest BCUT2D eigenvalue weighted by Gasteiger charge is 2.21. The summed E-state index contributed by atoms with van der Waals surface area (Å²) in [7, 11) is 0. The number of H-pyrrole nitrogens is 1. The second-order valence-electron chi connectivity index (χ2n) is 12.1. The molecule has 15 heteroatoms. The first-order valence-corrected chi connectivity index (χ1v) is 16.3. The Labute approximate surface area is 265 Å². The minimum Gasteiger partial charge on any atom is -0.396 e. The Morgan fingerprint density at radius 3 is 1.85 bits per heavy atom. The maximum Gasteiger partial charge on any atom is 0.198 e. The fourth-order valence-corrected chi connectivity index (χ4v) is 6.43. The second-order valence-corrected chi connectivity index (χ2v) is 12.1. The van der Waals surface area contributed by atoms with Gasteiger partial charge in [0, 0.05) is 37.4 Å². The predicted octanol–water partition coefficient (Wildman–Crippen LogP) is 5.13. The zero-order valence-electron chi connectivity index (χ0n) is 25.8. The number of nitrogens with one attached hydrogen (secondary N) is 3. The van der Waals surface area contributed by atoms with Gasteiger partial charge in [-0.25, -0.2) is 29.0 Å². The summed E-state index contributed by atoms with van der Waals surface area (Å²) >= 11 is 0. The van der Waals surface area contributed by atoms with Crippen molar-refractivity contribution >= 4 is 34.3 Å². The Hall–Kier alpha value is -4.92. The summed E-state index contributed by atoms with van der Waals surface area (Å²) in [6.45, 7) is 0.849. The number of aromatic nitrogens is 12. The molecule has 0 aromatic carbocycles. The van der Waals surface area contributed by atoms with Crippen LogP contribution in [0.15, 0.2) is 49.8 Å². The van der Waals surface area contributed by atoms with Crippen molar-refractivity contribution < 1.29 is 5.11 Å². The normalized spacial score (nSPS) is 16.0. The molecule has 4 N–H and O–H groups in total. The molecule has 0 bridgehead atoms. The van der Waals surface area contributed by atoms with Gasteiger partial charge in [-0.15, -0.1) is 0 Å². The van der Waals surface area contributed by atoms with Gasteiger partial charge in [0.05, 0.1) is 47.6 Å². The summed E-state index contributed by atoms with van der Waals surface area (Å²) in [5.74, 6) is 2.46. The molecule has 0 unspecified atom stereocenters. The van der Waals surface area contributed by atoms with Crippen LogP contribution in [0.25, 0.3) is 11.3 Å². The summed E-state index contributed by atoms with van der Waals surface area (Å²) in [5.41, 5.74) is 5.34. The summed E-state index contributed by atoms with van der Waals surface area (Å²) in [6.07, 6.45) is 27.6. The average molecular weight is 625 g/mol. The molecule has 6 aromatic rings. The van der Waals surface area contributed by atoms with Gasteiger partial charge in [-0.05, 0) is 32.1 Å². The van der Waals surface area contributed by atoms with Crippen molar-refractivity contribution in [1.29, 1.82) is 0 Å². The molecular formula is C31H40N14O. The molecule has 0 saturated heterocycles. The quantitative estimate of drug-likeness (QED) is 0.168. The van der Waals surface area contributed by atoms with E-state index in [9.17, 15) is 0 Å². The van der Waals surface area contributed by atoms with Crippen molar-refractivity contribution in [3.63, 3.8) is 0 Å². The van der Waals surface area contributed by atoms with E-state index in [1.54, 1.807) is 40.3 Å². The van der Waals surface area contributed by atoms with E-state index in [0.29, 0.717) is 36.3 Å². The molecule has 8 rings (SSSR count). The van der Waals surface area contributed by atoms with E-state index in [2.05, 4.69) is 46.1 Å². The monoisotopic (exact) mass is 624 g/mol. The highest BCUT2D eigenvalue weighted by atomic mass is 16.3. The summed E-state index contributed by atoms with van der Waals surface area (Å²) in [4.78, 5) is 18.3. The van der Waals surface area contributed by atoms with Crippen LogP contribution in [0.3, 0.4) is 0 Å². The fourth-order valence-electron chi connectivity index (χ4n) is 6.43. The van der Waals surface area contributed by atoms with Crippen molar-refractivity contribution in [1.82, 2.24) is 59.1 Å². The Bertz CT molecular complexity index is 1830. The number of hydrogen-bond acceptors (Lipinski definition) is 11. The number of nitrogens with zero attached hydrogens (tertiary/aromatic N) is 11. The van der Waals surface area contributed by atoms with E-state index in [-0.39, 0.29) is 6.61 Å². The standard InChI is InChI=1S/C17H23N7O.C14H17N7/c25-8-4-7-23-10-14(9-19-23)21-16-17-18-12-20-24(17)11-15(22-16)13-5-2-1-3-6-13;1-2-4-10(5-3-1)12-8-21-14(15-9-18-21)13(20-12)19-11-6-16-17-7-11/h9-13,25H,1-8H2,(H,21,22);6-10H,1-5H2,(H,16,17)(H,19,20). The Morgan fingerprint density at radius 2 is 1.30 bits per heavy atom. The number of fused-ring (bicyclic) bond motifs is 2. The van der Waals surface area contributed by atoms with Gasteiger partial charge in [0.25, 0.3) is 0 Å². The van der Waals surface area contributed by atoms with Crippen LogP contribution < -0.4 is 10.6 Å². The lowest BCUT2D eigenvalue weighted by molar-refractivity contribution is 0.277. The minimum absolute atomic E-state index is 0.161. The van der Waals surface area contributed by atoms with Crippen molar-refractivity contribution in [2.75, 3.05) is 17.2 Å². The smallest absolute Gasteiger partial charge is 0.198 e. The lowest BCUT2D eigenvalue weighted by atomic mass is 9.87. The number of hydrogen-bond donors (Lipinski definition) is 4. The van der Waals surface area contributed by atoms with E-state index in [0.717, 1.165) is 34.2 Å². The van der Waals surface area contributed by atoms with Crippen LogP contribution in [-0.2, 0) is 6.54 Å². The molecule has 15 nitrogen and oxygen atoms in total. The van der Waals surface area contributed by atoms with Gasteiger partial charge < -0.3 is 15.7 Å². The number of aryl methyl sites for hydroxylation is 1. The minimum atomic E-state index is 0.161. The summed E-state index contributed by atoms with van der Waals surface area (Å²) in [5, 5.41) is 35.1. The van der Waals surface area contributed by atoms with Crippen molar-refractivity contribution in [2.24, 2.45) is 0 Å². The van der Waals surface area contributed by atoms with E-state index >= 15 is 0 Å². The number of aromatic amines is 1. The first kappa shape index (κ1) is 29.8. The third-order valence-corrected chi connectivity index (χ3v) is 8.81. The molecule has 2 fully saturated rings. The van der Waals surface area contributed by atoms with E-state index in [1.807, 2.05) is 23.3 Å². The second kappa shape index (κ2) is 14.0. The van der Waals surface area contributed by atoms with Crippen LogP contribution in [0.5, 0.6) is 0 Å². The van der Waals surface area contributed by atoms with Gasteiger partial charge in [-0.2, -0.15) is 20.4 Å². The zero-order valence-corrected chi connectivity index (χ0v) is 25.8. The number of aliphatic hydroxyl groups excluding tert-OH is 1. The van der Waals surface area contributed by atoms with Gasteiger partial charge in [-0.1, -0.05) is 38.5 Å². The maximum atomic E-state index is 8.93. The van der Waals surface area contributed by atoms with Crippen LogP contribution in [0.2, 0.25) is 0 Å². The molecule has 2 aliphatic carbocycles. The molecule has 0 aliphatic heterocycles. The molecule has 2 aliphatic rings. The predicted molar refractivity (Wildman–Crippen MR) is 172 cm³/mol. The third kappa shape index (κ3) is 6.83. The summed E-state index contributed by atoms with van der Waals surface area (Å²) in [6, 6.07) is 0. The van der Waals surface area contributed by atoms with E-state index in [1.165, 1.54) is 64.2 Å². The molecule has 0 radical (unpaired) electrons. The molecule has 0 atom stereocenters. The van der Waals surface area contributed by atoms with Crippen LogP contribution in [0.1, 0.15) is 93.9 Å². The van der Waals surface area contributed by atoms with Crippen LogP contribution in [0.4, 0.5) is 23.0 Å². The van der Waals surface area contributed by atoms with Gasteiger partial charge in [-0.3, -0.25) is 9.78 Å². The van der Waals surface area contributed by atoms with Gasteiger partial charge in [0.1, 0.15) is 12.7 Å². The largest absolute Gasteiger partial charge is 0.396 e. The topological polar surface area (TPSA) is 177 Å². The average Bonchev–Trinajstić information content (AvgIpc) is 3.93. The van der Waals surface area contributed by atoms with Gasteiger partial charge in [0.15, 0.2) is 22.9 Å². The Balaban J connectivity index is 0.000000149. The first-order valence-electron chi connectivity index (χ1n) is 16.3. The maximum absolute atomic E-state index is 8.93. The number of anilines is 4. The molecule has 240 valence electrons. The van der Waals surface area contributed by atoms with Crippen LogP contribution in [0, 0.1) is 0 Å². The van der Waals surface area contributed by atoms with Gasteiger partial charge in [0.2, 0.25) is 0 Å². The zero-order chi connectivity index (χ0) is 31.1. The highest BCUT2D eigenvalue weighted by Crippen LogP contribution is 2.34. The molecule has 0 amide bonds.